The summed E-state index contributed by atoms with van der Waals surface area (Å²) in [4.78, 5) is 2.47. The summed E-state index contributed by atoms with van der Waals surface area (Å²) in [5, 5.41) is 0. The van der Waals surface area contributed by atoms with Gasteiger partial charge in [0.1, 0.15) is 6.61 Å². The first-order valence-electron chi connectivity index (χ1n) is 10.1. The number of benzene rings is 4. The monoisotopic (exact) mass is 444 g/mol. The molecular weight excluding hydrogens is 420 g/mol. The molecule has 2 nitrogen and oxygen atoms in total. The topological polar surface area (TPSA) is 18.5 Å². The Morgan fingerprint density at radius 3 is 1.74 bits per heavy atom. The molecule has 0 bridgehead atoms. The number of hydrogen-bond donors (Lipinski definition) is 0. The van der Waals surface area contributed by atoms with Crippen molar-refractivity contribution in [2.75, 3.05) is 7.11 Å². The number of ether oxygens (including phenoxy) is 2. The molecule has 156 valence electrons. The Morgan fingerprint density at radius 1 is 0.645 bits per heavy atom. The maximum Gasteiger partial charge on any atom is 0.162 e. The smallest absolute Gasteiger partial charge is 0.162 e. The molecule has 4 heteroatoms. The molecule has 0 saturated heterocycles. The zero-order valence-corrected chi connectivity index (χ0v) is 18.9. The lowest BCUT2D eigenvalue weighted by Crippen LogP contribution is -1.99. The molecule has 0 aliphatic heterocycles. The van der Waals surface area contributed by atoms with Gasteiger partial charge in [0.2, 0.25) is 0 Å². The van der Waals surface area contributed by atoms with Crippen LogP contribution in [0.15, 0.2) is 119 Å². The third kappa shape index (κ3) is 6.09. The fourth-order valence-corrected chi connectivity index (χ4v) is 5.64. The van der Waals surface area contributed by atoms with Gasteiger partial charge in [0.05, 0.1) is 11.7 Å². The van der Waals surface area contributed by atoms with E-state index in [2.05, 4.69) is 72.8 Å². The predicted molar refractivity (Wildman–Crippen MR) is 131 cm³/mol. The normalized spacial score (nSPS) is 10.8. The summed E-state index contributed by atoms with van der Waals surface area (Å²) in [5.74, 6) is 1.50. The maximum atomic E-state index is 6.16. The summed E-state index contributed by atoms with van der Waals surface area (Å²) in [6.45, 7) is 0.503. The second kappa shape index (κ2) is 11.0. The van der Waals surface area contributed by atoms with Crippen LogP contribution in [0.25, 0.3) is 0 Å². The van der Waals surface area contributed by atoms with E-state index in [0.29, 0.717) is 6.61 Å². The lowest BCUT2D eigenvalue weighted by molar-refractivity contribution is 0.284. The van der Waals surface area contributed by atoms with Crippen molar-refractivity contribution in [1.82, 2.24) is 0 Å². The number of hydrogen-bond acceptors (Lipinski definition) is 4. The molecule has 0 heterocycles. The van der Waals surface area contributed by atoms with Crippen LogP contribution in [0, 0.1) is 0 Å². The molecule has 0 spiro atoms. The zero-order valence-electron chi connectivity index (χ0n) is 17.3. The Bertz CT molecular complexity index is 1030. The van der Waals surface area contributed by atoms with Crippen LogP contribution in [0.5, 0.6) is 11.5 Å². The number of methoxy groups -OCH3 is 1. The minimum Gasteiger partial charge on any atom is -0.493 e. The van der Waals surface area contributed by atoms with Crippen LogP contribution in [-0.2, 0) is 6.61 Å². The van der Waals surface area contributed by atoms with Gasteiger partial charge in [-0.2, -0.15) is 0 Å². The van der Waals surface area contributed by atoms with Gasteiger partial charge in [-0.1, -0.05) is 72.8 Å². The van der Waals surface area contributed by atoms with E-state index in [1.165, 1.54) is 15.4 Å². The lowest BCUT2D eigenvalue weighted by Gasteiger charge is -2.19. The van der Waals surface area contributed by atoms with Crippen LogP contribution in [-0.4, -0.2) is 7.11 Å². The first kappa shape index (κ1) is 21.4. The lowest BCUT2D eigenvalue weighted by atomic mass is 10.2. The van der Waals surface area contributed by atoms with E-state index >= 15 is 0 Å². The molecule has 4 rings (SSSR count). The summed E-state index contributed by atoms with van der Waals surface area (Å²) < 4.78 is 11.9. The van der Waals surface area contributed by atoms with Crippen LogP contribution in [0.3, 0.4) is 0 Å². The van der Waals surface area contributed by atoms with Gasteiger partial charge in [0, 0.05) is 9.79 Å². The molecule has 31 heavy (non-hydrogen) atoms. The SMILES string of the molecule is COc1ccc(C(Sc2ccccc2)Sc2ccccc2)cc1OCc1ccccc1. The van der Waals surface area contributed by atoms with Gasteiger partial charge in [-0.15, -0.1) is 23.5 Å². The Morgan fingerprint density at radius 2 is 1.19 bits per heavy atom. The summed E-state index contributed by atoms with van der Waals surface area (Å²) in [7, 11) is 1.68. The third-order valence-corrected chi connectivity index (χ3v) is 7.31. The standard InChI is InChI=1S/C27H24O2S2/c1-28-25-18-17-22(19-26(25)29-20-21-11-5-2-6-12-21)27(30-23-13-7-3-8-14-23)31-24-15-9-4-10-16-24/h2-19,27H,20H2,1H3. The molecule has 0 aromatic heterocycles. The summed E-state index contributed by atoms with van der Waals surface area (Å²) in [5.41, 5.74) is 2.32. The summed E-state index contributed by atoms with van der Waals surface area (Å²) in [6.07, 6.45) is 0. The summed E-state index contributed by atoms with van der Waals surface area (Å²) in [6, 6.07) is 37.4. The van der Waals surface area contributed by atoms with Crippen molar-refractivity contribution in [1.29, 1.82) is 0 Å². The van der Waals surface area contributed by atoms with Gasteiger partial charge in [0.15, 0.2) is 11.5 Å². The Balaban J connectivity index is 1.61. The van der Waals surface area contributed by atoms with Gasteiger partial charge in [0.25, 0.3) is 0 Å². The van der Waals surface area contributed by atoms with E-state index in [4.69, 9.17) is 9.47 Å². The molecule has 0 saturated carbocycles. The van der Waals surface area contributed by atoms with Crippen molar-refractivity contribution >= 4 is 23.5 Å². The van der Waals surface area contributed by atoms with Crippen molar-refractivity contribution < 1.29 is 9.47 Å². The van der Waals surface area contributed by atoms with Crippen LogP contribution in [0.1, 0.15) is 15.7 Å². The fourth-order valence-electron chi connectivity index (χ4n) is 3.09. The maximum absolute atomic E-state index is 6.16. The molecule has 4 aromatic carbocycles. The van der Waals surface area contributed by atoms with E-state index in [1.807, 2.05) is 59.9 Å². The quantitative estimate of drug-likeness (QED) is 0.193. The average molecular weight is 445 g/mol. The highest BCUT2D eigenvalue weighted by Crippen LogP contribution is 2.48. The molecule has 0 unspecified atom stereocenters. The molecule has 0 amide bonds. The van der Waals surface area contributed by atoms with E-state index in [1.54, 1.807) is 7.11 Å². The van der Waals surface area contributed by atoms with E-state index < -0.39 is 0 Å². The Kier molecular flexibility index (Phi) is 7.59. The van der Waals surface area contributed by atoms with Gasteiger partial charge >= 0.3 is 0 Å². The number of rotatable bonds is 9. The molecule has 4 aromatic rings. The van der Waals surface area contributed by atoms with Crippen molar-refractivity contribution in [2.45, 2.75) is 21.0 Å². The molecule has 0 atom stereocenters. The molecule has 0 aliphatic rings. The zero-order chi connectivity index (χ0) is 21.3. The van der Waals surface area contributed by atoms with Crippen LogP contribution in [0.2, 0.25) is 0 Å². The molecule has 0 N–H and O–H groups in total. The first-order valence-corrected chi connectivity index (χ1v) is 11.9. The predicted octanol–water partition coefficient (Wildman–Crippen LogP) is 7.86. The molecule has 0 aliphatic carbocycles. The van der Waals surface area contributed by atoms with Crippen LogP contribution in [0.4, 0.5) is 0 Å². The third-order valence-electron chi connectivity index (χ3n) is 4.67. The first-order chi connectivity index (χ1) is 15.3. The minimum atomic E-state index is 0.176. The van der Waals surface area contributed by atoms with Crippen molar-refractivity contribution in [3.8, 4) is 11.5 Å². The van der Waals surface area contributed by atoms with Crippen LogP contribution < -0.4 is 9.47 Å². The van der Waals surface area contributed by atoms with Crippen molar-refractivity contribution in [3.63, 3.8) is 0 Å². The van der Waals surface area contributed by atoms with Crippen molar-refractivity contribution in [3.05, 3.63) is 120 Å². The second-order valence-corrected chi connectivity index (χ2v) is 9.53. The molecule has 0 fully saturated rings. The Hall–Kier alpha value is -2.82. The molecule has 0 radical (unpaired) electrons. The largest absolute Gasteiger partial charge is 0.493 e. The average Bonchev–Trinajstić information content (AvgIpc) is 2.84. The van der Waals surface area contributed by atoms with Gasteiger partial charge < -0.3 is 9.47 Å². The van der Waals surface area contributed by atoms with Gasteiger partial charge in [-0.05, 0) is 47.5 Å². The summed E-state index contributed by atoms with van der Waals surface area (Å²) >= 11 is 3.68. The second-order valence-electron chi connectivity index (χ2n) is 6.88. The highest BCUT2D eigenvalue weighted by atomic mass is 32.2. The Labute approximate surface area is 192 Å². The minimum absolute atomic E-state index is 0.176. The van der Waals surface area contributed by atoms with E-state index in [9.17, 15) is 0 Å². The highest BCUT2D eigenvalue weighted by Gasteiger charge is 2.18. The highest BCUT2D eigenvalue weighted by molar-refractivity contribution is 8.16. The van der Waals surface area contributed by atoms with Crippen LogP contribution >= 0.6 is 23.5 Å². The van der Waals surface area contributed by atoms with Gasteiger partial charge in [-0.3, -0.25) is 0 Å². The van der Waals surface area contributed by atoms with Gasteiger partial charge in [-0.25, -0.2) is 0 Å². The van der Waals surface area contributed by atoms with Crippen molar-refractivity contribution in [2.24, 2.45) is 0 Å². The number of thioether (sulfide) groups is 2. The van der Waals surface area contributed by atoms with E-state index in [0.717, 1.165) is 17.1 Å². The molecular formula is C27H24O2S2. The van der Waals surface area contributed by atoms with E-state index in [-0.39, 0.29) is 4.58 Å². The fraction of sp³-hybridized carbons (Fsp3) is 0.111.